The molecule has 1 N–H and O–H groups in total. The summed E-state index contributed by atoms with van der Waals surface area (Å²) in [6.07, 6.45) is 0.966. The van der Waals surface area contributed by atoms with E-state index in [9.17, 15) is 0 Å². The molecular formula is C14H17N3OS. The Labute approximate surface area is 116 Å². The van der Waals surface area contributed by atoms with E-state index in [1.807, 2.05) is 6.92 Å². The average Bonchev–Trinajstić information content (AvgIpc) is 2.87. The highest BCUT2D eigenvalue weighted by atomic mass is 32.1. The van der Waals surface area contributed by atoms with Gasteiger partial charge in [-0.2, -0.15) is 0 Å². The van der Waals surface area contributed by atoms with Crippen LogP contribution in [-0.2, 0) is 13.0 Å². The first kappa shape index (κ1) is 12.4. The third-order valence-corrected chi connectivity index (χ3v) is 3.89. The molecule has 0 amide bonds. The van der Waals surface area contributed by atoms with Crippen LogP contribution in [0.4, 0.5) is 5.13 Å². The molecule has 2 heterocycles. The van der Waals surface area contributed by atoms with Crippen LogP contribution in [0.1, 0.15) is 30.0 Å². The standard InChI is InChI=1S/C14H17N3OS/c1-9-16-17-13(19-9)15-8-10-4-5-12-11(6-10)7-14(2,3)18-12/h4-6H,7-8H2,1-3H3,(H,15,17). The second-order valence-electron chi connectivity index (χ2n) is 5.46. The zero-order chi connectivity index (χ0) is 13.5. The van der Waals surface area contributed by atoms with E-state index in [1.165, 1.54) is 11.1 Å². The minimum absolute atomic E-state index is 0.0786. The van der Waals surface area contributed by atoms with E-state index < -0.39 is 0 Å². The number of aryl methyl sites for hydroxylation is 1. The number of hydrogen-bond donors (Lipinski definition) is 1. The number of ether oxygens (including phenoxy) is 1. The highest BCUT2D eigenvalue weighted by Crippen LogP contribution is 2.35. The molecule has 1 aromatic heterocycles. The number of aromatic nitrogens is 2. The Bertz CT molecular complexity index is 606. The molecule has 5 heteroatoms. The van der Waals surface area contributed by atoms with Crippen molar-refractivity contribution in [1.29, 1.82) is 0 Å². The predicted molar refractivity (Wildman–Crippen MR) is 76.8 cm³/mol. The monoisotopic (exact) mass is 275 g/mol. The lowest BCUT2D eigenvalue weighted by atomic mass is 10.0. The minimum Gasteiger partial charge on any atom is -0.487 e. The summed E-state index contributed by atoms with van der Waals surface area (Å²) < 4.78 is 5.87. The number of nitrogens with one attached hydrogen (secondary N) is 1. The van der Waals surface area contributed by atoms with Crippen molar-refractivity contribution in [2.45, 2.75) is 39.3 Å². The molecule has 0 radical (unpaired) electrons. The zero-order valence-electron chi connectivity index (χ0n) is 11.4. The molecule has 0 saturated carbocycles. The second kappa shape index (κ2) is 4.49. The molecule has 1 aliphatic heterocycles. The average molecular weight is 275 g/mol. The first-order valence-corrected chi connectivity index (χ1v) is 7.18. The fourth-order valence-corrected chi connectivity index (χ4v) is 2.91. The summed E-state index contributed by atoms with van der Waals surface area (Å²) >= 11 is 1.57. The van der Waals surface area contributed by atoms with Gasteiger partial charge in [0.25, 0.3) is 0 Å². The van der Waals surface area contributed by atoms with Gasteiger partial charge >= 0.3 is 0 Å². The number of fused-ring (bicyclic) bond motifs is 1. The maximum atomic E-state index is 5.87. The van der Waals surface area contributed by atoms with Crippen molar-refractivity contribution in [2.24, 2.45) is 0 Å². The predicted octanol–water partition coefficient (Wildman–Crippen LogP) is 3.17. The third-order valence-electron chi connectivity index (χ3n) is 3.10. The smallest absolute Gasteiger partial charge is 0.205 e. The first-order chi connectivity index (χ1) is 9.02. The Balaban J connectivity index is 1.70. The van der Waals surface area contributed by atoms with Crippen molar-refractivity contribution in [3.63, 3.8) is 0 Å². The van der Waals surface area contributed by atoms with E-state index >= 15 is 0 Å². The van der Waals surface area contributed by atoms with Crippen molar-refractivity contribution in [3.8, 4) is 5.75 Å². The summed E-state index contributed by atoms with van der Waals surface area (Å²) in [7, 11) is 0. The van der Waals surface area contributed by atoms with Crippen molar-refractivity contribution in [3.05, 3.63) is 34.3 Å². The molecule has 0 saturated heterocycles. The van der Waals surface area contributed by atoms with Crippen LogP contribution in [0.2, 0.25) is 0 Å². The third kappa shape index (κ3) is 2.71. The summed E-state index contributed by atoms with van der Waals surface area (Å²) in [5, 5.41) is 13.2. The van der Waals surface area contributed by atoms with E-state index in [2.05, 4.69) is 47.6 Å². The SMILES string of the molecule is Cc1nnc(NCc2ccc3c(c2)CC(C)(C)O3)s1. The molecule has 0 aliphatic carbocycles. The lowest BCUT2D eigenvalue weighted by Gasteiger charge is -2.16. The first-order valence-electron chi connectivity index (χ1n) is 6.37. The molecule has 3 rings (SSSR count). The molecule has 1 aromatic carbocycles. The highest BCUT2D eigenvalue weighted by Gasteiger charge is 2.29. The Hall–Kier alpha value is -1.62. The Morgan fingerprint density at radius 1 is 1.37 bits per heavy atom. The largest absolute Gasteiger partial charge is 0.487 e. The van der Waals surface area contributed by atoms with Crippen molar-refractivity contribution in [2.75, 3.05) is 5.32 Å². The molecular weight excluding hydrogens is 258 g/mol. The van der Waals surface area contributed by atoms with Gasteiger partial charge in [0.1, 0.15) is 16.4 Å². The fraction of sp³-hybridized carbons (Fsp3) is 0.429. The van der Waals surface area contributed by atoms with Gasteiger partial charge in [0.15, 0.2) is 0 Å². The van der Waals surface area contributed by atoms with Gasteiger partial charge in [0.05, 0.1) is 0 Å². The molecule has 4 nitrogen and oxygen atoms in total. The van der Waals surface area contributed by atoms with Crippen molar-refractivity contribution in [1.82, 2.24) is 10.2 Å². The molecule has 1 aliphatic rings. The van der Waals surface area contributed by atoms with Crippen LogP contribution >= 0.6 is 11.3 Å². The van der Waals surface area contributed by atoms with Crippen LogP contribution in [0.15, 0.2) is 18.2 Å². The van der Waals surface area contributed by atoms with E-state index in [0.29, 0.717) is 0 Å². The van der Waals surface area contributed by atoms with Crippen LogP contribution in [0.25, 0.3) is 0 Å². The summed E-state index contributed by atoms with van der Waals surface area (Å²) in [5.41, 5.74) is 2.45. The number of hydrogen-bond acceptors (Lipinski definition) is 5. The molecule has 2 aromatic rings. The van der Waals surface area contributed by atoms with Crippen molar-refractivity contribution >= 4 is 16.5 Å². The van der Waals surface area contributed by atoms with Gasteiger partial charge in [-0.05, 0) is 38.0 Å². The van der Waals surface area contributed by atoms with Gasteiger partial charge in [-0.15, -0.1) is 10.2 Å². The van der Waals surface area contributed by atoms with Crippen molar-refractivity contribution < 1.29 is 4.74 Å². The maximum absolute atomic E-state index is 5.87. The van der Waals surface area contributed by atoms with Gasteiger partial charge in [-0.1, -0.05) is 23.5 Å². The Kier molecular flexibility index (Phi) is 2.93. The Morgan fingerprint density at radius 2 is 2.21 bits per heavy atom. The number of anilines is 1. The molecule has 0 fully saturated rings. The van der Waals surface area contributed by atoms with Gasteiger partial charge < -0.3 is 10.1 Å². The number of benzene rings is 1. The van der Waals surface area contributed by atoms with Gasteiger partial charge in [-0.25, -0.2) is 0 Å². The molecule has 100 valence electrons. The van der Waals surface area contributed by atoms with E-state index in [-0.39, 0.29) is 5.60 Å². The second-order valence-corrected chi connectivity index (χ2v) is 6.64. The molecule has 0 spiro atoms. The molecule has 0 bridgehead atoms. The highest BCUT2D eigenvalue weighted by molar-refractivity contribution is 7.15. The van der Waals surface area contributed by atoms with Crippen LogP contribution in [0, 0.1) is 6.92 Å². The van der Waals surface area contributed by atoms with E-state index in [4.69, 9.17) is 4.74 Å². The van der Waals surface area contributed by atoms with Crippen LogP contribution in [-0.4, -0.2) is 15.8 Å². The van der Waals surface area contributed by atoms with E-state index in [0.717, 1.165) is 28.9 Å². The molecule has 19 heavy (non-hydrogen) atoms. The van der Waals surface area contributed by atoms with Gasteiger partial charge in [0.2, 0.25) is 5.13 Å². The Morgan fingerprint density at radius 3 is 2.95 bits per heavy atom. The topological polar surface area (TPSA) is 47.0 Å². The van der Waals surface area contributed by atoms with Gasteiger partial charge in [0, 0.05) is 13.0 Å². The van der Waals surface area contributed by atoms with Crippen LogP contribution < -0.4 is 10.1 Å². The summed E-state index contributed by atoms with van der Waals surface area (Å²) in [5.74, 6) is 1.01. The lowest BCUT2D eigenvalue weighted by molar-refractivity contribution is 0.138. The van der Waals surface area contributed by atoms with Gasteiger partial charge in [-0.3, -0.25) is 0 Å². The number of nitrogens with zero attached hydrogens (tertiary/aromatic N) is 2. The summed E-state index contributed by atoms with van der Waals surface area (Å²) in [6, 6.07) is 6.37. The molecule has 0 unspecified atom stereocenters. The summed E-state index contributed by atoms with van der Waals surface area (Å²) in [4.78, 5) is 0. The minimum atomic E-state index is -0.0786. The maximum Gasteiger partial charge on any atom is 0.205 e. The molecule has 0 atom stereocenters. The van der Waals surface area contributed by atoms with E-state index in [1.54, 1.807) is 11.3 Å². The van der Waals surface area contributed by atoms with Crippen LogP contribution in [0.3, 0.4) is 0 Å². The lowest BCUT2D eigenvalue weighted by Crippen LogP contribution is -2.24. The fourth-order valence-electron chi connectivity index (χ4n) is 2.32. The normalized spacial score (nSPS) is 15.9. The zero-order valence-corrected chi connectivity index (χ0v) is 12.2. The van der Waals surface area contributed by atoms with Crippen LogP contribution in [0.5, 0.6) is 5.75 Å². The quantitative estimate of drug-likeness (QED) is 0.934. The number of rotatable bonds is 3. The summed E-state index contributed by atoms with van der Waals surface area (Å²) in [6.45, 7) is 6.96.